The van der Waals surface area contributed by atoms with Crippen LogP contribution >= 0.6 is 0 Å². The molecule has 146 valence electrons. The number of benzene rings is 1. The van der Waals surface area contributed by atoms with Gasteiger partial charge in [0.25, 0.3) is 0 Å². The van der Waals surface area contributed by atoms with Crippen molar-refractivity contribution in [2.24, 2.45) is 5.16 Å². The van der Waals surface area contributed by atoms with Gasteiger partial charge in [0.15, 0.2) is 0 Å². The first kappa shape index (κ1) is 19.6. The molecule has 1 unspecified atom stereocenters. The monoisotopic (exact) mass is 379 g/mol. The Kier molecular flexibility index (Phi) is 6.81. The zero-order valence-electron chi connectivity index (χ0n) is 16.2. The average Bonchev–Trinajstić information content (AvgIpc) is 3.28. The van der Waals surface area contributed by atoms with Crippen molar-refractivity contribution in [3.8, 4) is 0 Å². The maximum atomic E-state index is 9.59. The van der Waals surface area contributed by atoms with Gasteiger partial charge >= 0.3 is 0 Å². The van der Waals surface area contributed by atoms with E-state index in [-0.39, 0.29) is 5.92 Å². The van der Waals surface area contributed by atoms with Gasteiger partial charge in [0.05, 0.1) is 18.6 Å². The fourth-order valence-electron chi connectivity index (χ4n) is 3.14. The molecule has 2 heterocycles. The predicted octanol–water partition coefficient (Wildman–Crippen LogP) is 4.16. The topological polar surface area (TPSA) is 71.1 Å². The highest BCUT2D eigenvalue weighted by Crippen LogP contribution is 2.31. The first-order valence-corrected chi connectivity index (χ1v) is 9.17. The summed E-state index contributed by atoms with van der Waals surface area (Å²) in [6, 6.07) is 15.8. The number of methoxy groups -OCH3 is 1. The summed E-state index contributed by atoms with van der Waals surface area (Å²) >= 11 is 0. The molecule has 0 aliphatic rings. The first-order valence-electron chi connectivity index (χ1n) is 9.17. The summed E-state index contributed by atoms with van der Waals surface area (Å²) in [4.78, 5) is 6.17. The lowest BCUT2D eigenvalue weighted by Gasteiger charge is -2.21. The molecule has 0 spiro atoms. The van der Waals surface area contributed by atoms with E-state index in [4.69, 9.17) is 9.15 Å². The Hall–Kier alpha value is -3.12. The van der Waals surface area contributed by atoms with Crippen LogP contribution in [0.1, 0.15) is 29.2 Å². The zero-order valence-corrected chi connectivity index (χ0v) is 16.2. The van der Waals surface area contributed by atoms with Crippen LogP contribution in [0.4, 0.5) is 5.69 Å². The van der Waals surface area contributed by atoms with Crippen LogP contribution in [0, 0.1) is 0 Å². The van der Waals surface area contributed by atoms with Crippen molar-refractivity contribution in [3.05, 3.63) is 84.1 Å². The minimum Gasteiger partial charge on any atom is -0.469 e. The van der Waals surface area contributed by atoms with Gasteiger partial charge in [-0.3, -0.25) is 4.98 Å². The molecule has 0 fully saturated rings. The van der Waals surface area contributed by atoms with Crippen molar-refractivity contribution >= 4 is 11.4 Å². The summed E-state index contributed by atoms with van der Waals surface area (Å²) in [5, 5.41) is 13.1. The first-order chi connectivity index (χ1) is 13.7. The van der Waals surface area contributed by atoms with Gasteiger partial charge in [-0.1, -0.05) is 17.3 Å². The standard InChI is InChI=1S/C22H25N3O3/c1-25(13-15-27-2)19-7-5-17(6-8-19)20(22-4-3-14-28-22)16-21(24-26)18-9-11-23-12-10-18/h3-12,14,20,26H,13,15-16H2,1-2H3/b24-21-. The maximum absolute atomic E-state index is 9.59. The van der Waals surface area contributed by atoms with Crippen LogP contribution in [0.15, 0.2) is 76.8 Å². The second kappa shape index (κ2) is 9.71. The number of pyridine rings is 1. The largest absolute Gasteiger partial charge is 0.469 e. The number of ether oxygens (including phenoxy) is 1. The third-order valence-electron chi connectivity index (χ3n) is 4.79. The van der Waals surface area contributed by atoms with Gasteiger partial charge in [-0.2, -0.15) is 0 Å². The van der Waals surface area contributed by atoms with E-state index in [0.29, 0.717) is 18.7 Å². The molecule has 28 heavy (non-hydrogen) atoms. The van der Waals surface area contributed by atoms with Gasteiger partial charge in [-0.25, -0.2) is 0 Å². The van der Waals surface area contributed by atoms with Crippen molar-refractivity contribution in [1.29, 1.82) is 0 Å². The van der Waals surface area contributed by atoms with E-state index in [1.165, 1.54) is 0 Å². The molecule has 0 saturated carbocycles. The van der Waals surface area contributed by atoms with Crippen molar-refractivity contribution in [2.45, 2.75) is 12.3 Å². The third kappa shape index (κ3) is 4.78. The second-order valence-corrected chi connectivity index (χ2v) is 6.56. The third-order valence-corrected chi connectivity index (χ3v) is 4.79. The normalized spacial score (nSPS) is 12.7. The highest BCUT2D eigenvalue weighted by atomic mass is 16.5. The Balaban J connectivity index is 1.85. The van der Waals surface area contributed by atoms with E-state index in [2.05, 4.69) is 39.3 Å². The van der Waals surface area contributed by atoms with Crippen molar-refractivity contribution in [3.63, 3.8) is 0 Å². The summed E-state index contributed by atoms with van der Waals surface area (Å²) in [5.41, 5.74) is 3.63. The fraction of sp³-hybridized carbons (Fsp3) is 0.273. The number of aromatic nitrogens is 1. The van der Waals surface area contributed by atoms with E-state index < -0.39 is 0 Å². The molecule has 3 aromatic rings. The van der Waals surface area contributed by atoms with Crippen molar-refractivity contribution < 1.29 is 14.4 Å². The summed E-state index contributed by atoms with van der Waals surface area (Å²) in [6.45, 7) is 1.50. The van der Waals surface area contributed by atoms with E-state index >= 15 is 0 Å². The molecule has 0 radical (unpaired) electrons. The van der Waals surface area contributed by atoms with E-state index in [1.807, 2.05) is 31.3 Å². The Morgan fingerprint density at radius 1 is 1.18 bits per heavy atom. The Morgan fingerprint density at radius 2 is 1.93 bits per heavy atom. The predicted molar refractivity (Wildman–Crippen MR) is 109 cm³/mol. The van der Waals surface area contributed by atoms with E-state index in [1.54, 1.807) is 25.8 Å². The molecule has 0 aliphatic heterocycles. The van der Waals surface area contributed by atoms with Crippen LogP contribution in [0.25, 0.3) is 0 Å². The van der Waals surface area contributed by atoms with Crippen LogP contribution in [-0.4, -0.2) is 43.2 Å². The van der Waals surface area contributed by atoms with Crippen LogP contribution in [0.5, 0.6) is 0 Å². The molecule has 6 heteroatoms. The van der Waals surface area contributed by atoms with Crippen LogP contribution in [-0.2, 0) is 4.74 Å². The van der Waals surface area contributed by atoms with E-state index in [0.717, 1.165) is 29.1 Å². The Labute approximate surface area is 165 Å². The minimum absolute atomic E-state index is 0.0626. The van der Waals surface area contributed by atoms with Gasteiger partial charge in [-0.15, -0.1) is 0 Å². The minimum atomic E-state index is -0.0626. The van der Waals surface area contributed by atoms with Crippen molar-refractivity contribution in [2.75, 3.05) is 32.2 Å². The van der Waals surface area contributed by atoms with Crippen LogP contribution in [0.2, 0.25) is 0 Å². The molecule has 2 aromatic heterocycles. The number of likely N-dealkylation sites (N-methyl/N-ethyl adjacent to an activating group) is 1. The number of anilines is 1. The SMILES string of the molecule is COCCN(C)c1ccc(C(C/C(=N/O)c2ccncc2)c2ccco2)cc1. The van der Waals surface area contributed by atoms with Gasteiger partial charge in [0.2, 0.25) is 0 Å². The molecular formula is C22H25N3O3. The van der Waals surface area contributed by atoms with Gasteiger partial charge < -0.3 is 19.3 Å². The molecule has 1 aromatic carbocycles. The average molecular weight is 379 g/mol. The summed E-state index contributed by atoms with van der Waals surface area (Å²) in [5.74, 6) is 0.767. The summed E-state index contributed by atoms with van der Waals surface area (Å²) in [6.07, 6.45) is 5.55. The number of nitrogens with zero attached hydrogens (tertiary/aromatic N) is 3. The number of furan rings is 1. The molecule has 3 rings (SSSR count). The molecule has 0 amide bonds. The molecular weight excluding hydrogens is 354 g/mol. The highest BCUT2D eigenvalue weighted by Gasteiger charge is 2.21. The van der Waals surface area contributed by atoms with Crippen LogP contribution < -0.4 is 4.90 Å². The number of oxime groups is 1. The number of hydrogen-bond acceptors (Lipinski definition) is 6. The number of rotatable bonds is 9. The lowest BCUT2D eigenvalue weighted by atomic mass is 9.89. The highest BCUT2D eigenvalue weighted by molar-refractivity contribution is 6.00. The lowest BCUT2D eigenvalue weighted by molar-refractivity contribution is 0.206. The van der Waals surface area contributed by atoms with Gasteiger partial charge in [0.1, 0.15) is 5.76 Å². The van der Waals surface area contributed by atoms with Gasteiger partial charge in [0, 0.05) is 56.7 Å². The van der Waals surface area contributed by atoms with Crippen LogP contribution in [0.3, 0.4) is 0 Å². The summed E-state index contributed by atoms with van der Waals surface area (Å²) in [7, 11) is 3.74. The smallest absolute Gasteiger partial charge is 0.111 e. The molecule has 0 aliphatic carbocycles. The molecule has 1 N–H and O–H groups in total. The fourth-order valence-corrected chi connectivity index (χ4v) is 3.14. The summed E-state index contributed by atoms with van der Waals surface area (Å²) < 4.78 is 10.8. The van der Waals surface area contributed by atoms with Crippen molar-refractivity contribution in [1.82, 2.24) is 4.98 Å². The Bertz CT molecular complexity index is 862. The zero-order chi connectivity index (χ0) is 19.8. The Morgan fingerprint density at radius 3 is 2.54 bits per heavy atom. The second-order valence-electron chi connectivity index (χ2n) is 6.56. The molecule has 6 nitrogen and oxygen atoms in total. The maximum Gasteiger partial charge on any atom is 0.111 e. The molecule has 0 saturated heterocycles. The molecule has 0 bridgehead atoms. The van der Waals surface area contributed by atoms with Gasteiger partial charge in [-0.05, 0) is 42.0 Å². The lowest BCUT2D eigenvalue weighted by Crippen LogP contribution is -2.22. The number of hydrogen-bond donors (Lipinski definition) is 1. The molecule has 1 atom stereocenters. The van der Waals surface area contributed by atoms with E-state index in [9.17, 15) is 5.21 Å². The quantitative estimate of drug-likeness (QED) is 0.343.